The normalized spacial score (nSPS) is 15.1. The van der Waals surface area contributed by atoms with Crippen LogP contribution >= 0.6 is 0 Å². The second-order valence-electron chi connectivity index (χ2n) is 9.60. The number of hydrogen-bond donors (Lipinski definition) is 1. The Labute approximate surface area is 210 Å². The molecule has 6 nitrogen and oxygen atoms in total. The second kappa shape index (κ2) is 9.21. The van der Waals surface area contributed by atoms with Crippen LogP contribution in [0.25, 0.3) is 22.5 Å². The van der Waals surface area contributed by atoms with Crippen LogP contribution in [0.15, 0.2) is 89.6 Å². The standard InChI is InChI=1S/C30H28N4O2/c1-19-28(29(35)27-18-34(33-31-27)20(2)21-6-4-3-5-7-21)30(36-32-19)26-16-14-25(15-17-26)24-12-10-23(11-13-24)22-8-9-22/h3-7,10-18,20,22,29,35H,8-9H2,1-2H3. The molecular formula is C30H28N4O2. The summed E-state index contributed by atoms with van der Waals surface area (Å²) in [7, 11) is 0. The summed E-state index contributed by atoms with van der Waals surface area (Å²) in [6.45, 7) is 3.88. The fraction of sp³-hybridized carbons (Fsp3) is 0.233. The number of aromatic nitrogens is 4. The first-order valence-corrected chi connectivity index (χ1v) is 12.4. The summed E-state index contributed by atoms with van der Waals surface area (Å²) in [4.78, 5) is 0. The van der Waals surface area contributed by atoms with E-state index in [2.05, 4.69) is 70.9 Å². The zero-order chi connectivity index (χ0) is 24.6. The Kier molecular flexibility index (Phi) is 5.74. The summed E-state index contributed by atoms with van der Waals surface area (Å²) in [5.74, 6) is 1.30. The first kappa shape index (κ1) is 22.4. The number of aryl methyl sites for hydroxylation is 1. The number of rotatable bonds is 7. The molecule has 5 aromatic rings. The fourth-order valence-corrected chi connectivity index (χ4v) is 4.72. The minimum absolute atomic E-state index is 0.00595. The van der Waals surface area contributed by atoms with E-state index in [0.29, 0.717) is 22.7 Å². The third-order valence-corrected chi connectivity index (χ3v) is 7.11. The van der Waals surface area contributed by atoms with E-state index in [1.165, 1.54) is 24.0 Å². The van der Waals surface area contributed by atoms with Gasteiger partial charge in [-0.25, -0.2) is 4.68 Å². The van der Waals surface area contributed by atoms with Crippen LogP contribution in [0.3, 0.4) is 0 Å². The van der Waals surface area contributed by atoms with Gasteiger partial charge in [-0.3, -0.25) is 0 Å². The molecule has 3 aromatic carbocycles. The monoisotopic (exact) mass is 476 g/mol. The second-order valence-corrected chi connectivity index (χ2v) is 9.60. The van der Waals surface area contributed by atoms with E-state index < -0.39 is 6.10 Å². The van der Waals surface area contributed by atoms with E-state index in [1.54, 1.807) is 10.9 Å². The Bertz CT molecular complexity index is 1470. The van der Waals surface area contributed by atoms with Gasteiger partial charge in [0.1, 0.15) is 11.8 Å². The van der Waals surface area contributed by atoms with E-state index in [1.807, 2.05) is 37.3 Å². The van der Waals surface area contributed by atoms with Crippen molar-refractivity contribution in [1.29, 1.82) is 0 Å². The number of aliphatic hydroxyl groups is 1. The molecule has 1 aliphatic carbocycles. The van der Waals surface area contributed by atoms with E-state index in [9.17, 15) is 5.11 Å². The molecule has 2 atom stereocenters. The summed E-state index contributed by atoms with van der Waals surface area (Å²) < 4.78 is 7.44. The predicted octanol–water partition coefficient (Wildman–Crippen LogP) is 6.48. The third-order valence-electron chi connectivity index (χ3n) is 7.11. The maximum Gasteiger partial charge on any atom is 0.173 e. The lowest BCUT2D eigenvalue weighted by Gasteiger charge is -2.12. The molecule has 0 amide bonds. The summed E-state index contributed by atoms with van der Waals surface area (Å²) in [5.41, 5.74) is 7.42. The van der Waals surface area contributed by atoms with Gasteiger partial charge >= 0.3 is 0 Å². The summed E-state index contributed by atoms with van der Waals surface area (Å²) >= 11 is 0. The van der Waals surface area contributed by atoms with Crippen molar-refractivity contribution in [3.63, 3.8) is 0 Å². The molecule has 2 unspecified atom stereocenters. The highest BCUT2D eigenvalue weighted by molar-refractivity contribution is 5.70. The summed E-state index contributed by atoms with van der Waals surface area (Å²) in [5, 5.41) is 24.0. The summed E-state index contributed by atoms with van der Waals surface area (Å²) in [6.07, 6.45) is 3.40. The predicted molar refractivity (Wildman–Crippen MR) is 138 cm³/mol. The van der Waals surface area contributed by atoms with Crippen molar-refractivity contribution in [3.8, 4) is 22.5 Å². The minimum atomic E-state index is -1.00. The van der Waals surface area contributed by atoms with Gasteiger partial charge in [-0.15, -0.1) is 5.10 Å². The molecule has 6 heteroatoms. The summed E-state index contributed by atoms with van der Waals surface area (Å²) in [6, 6.07) is 27.1. The Morgan fingerprint density at radius 3 is 2.19 bits per heavy atom. The van der Waals surface area contributed by atoms with Gasteiger partial charge in [0, 0.05) is 5.56 Å². The first-order valence-electron chi connectivity index (χ1n) is 12.4. The van der Waals surface area contributed by atoms with E-state index in [-0.39, 0.29) is 6.04 Å². The van der Waals surface area contributed by atoms with Crippen molar-refractivity contribution in [2.24, 2.45) is 0 Å². The lowest BCUT2D eigenvalue weighted by Crippen LogP contribution is -2.07. The molecule has 1 fully saturated rings. The number of nitrogens with zero attached hydrogens (tertiary/aromatic N) is 4. The SMILES string of the molecule is Cc1noc(-c2ccc(-c3ccc(C4CC4)cc3)cc2)c1C(O)c1cn(C(C)c2ccccc2)nn1. The average Bonchev–Trinajstić information content (AvgIpc) is 3.53. The molecule has 0 bridgehead atoms. The van der Waals surface area contributed by atoms with Crippen molar-refractivity contribution < 1.29 is 9.63 Å². The number of benzene rings is 3. The first-order chi connectivity index (χ1) is 17.6. The van der Waals surface area contributed by atoms with Crippen LogP contribution in [0.5, 0.6) is 0 Å². The maximum atomic E-state index is 11.3. The average molecular weight is 477 g/mol. The molecule has 1 aliphatic rings. The van der Waals surface area contributed by atoms with Gasteiger partial charge in [0.05, 0.1) is 23.5 Å². The van der Waals surface area contributed by atoms with Crippen molar-refractivity contribution in [2.45, 2.75) is 44.8 Å². The highest BCUT2D eigenvalue weighted by Crippen LogP contribution is 2.40. The lowest BCUT2D eigenvalue weighted by atomic mass is 9.97. The Hall–Kier alpha value is -4.03. The Morgan fingerprint density at radius 2 is 1.53 bits per heavy atom. The van der Waals surface area contributed by atoms with Gasteiger partial charge in [-0.2, -0.15) is 0 Å². The van der Waals surface area contributed by atoms with Crippen LogP contribution in [-0.4, -0.2) is 25.3 Å². The van der Waals surface area contributed by atoms with Crippen LogP contribution in [0.4, 0.5) is 0 Å². The molecule has 0 radical (unpaired) electrons. The smallest absolute Gasteiger partial charge is 0.173 e. The van der Waals surface area contributed by atoms with Gasteiger partial charge < -0.3 is 9.63 Å². The highest BCUT2D eigenvalue weighted by Gasteiger charge is 2.26. The van der Waals surface area contributed by atoms with Gasteiger partial charge in [0.15, 0.2) is 5.76 Å². The van der Waals surface area contributed by atoms with Crippen LogP contribution in [0, 0.1) is 6.92 Å². The molecule has 6 rings (SSSR count). The minimum Gasteiger partial charge on any atom is -0.382 e. The topological polar surface area (TPSA) is 77.0 Å². The van der Waals surface area contributed by atoms with Crippen LogP contribution in [-0.2, 0) is 0 Å². The largest absolute Gasteiger partial charge is 0.382 e. The van der Waals surface area contributed by atoms with E-state index in [4.69, 9.17) is 4.52 Å². The van der Waals surface area contributed by atoms with Crippen molar-refractivity contribution >= 4 is 0 Å². The molecule has 180 valence electrons. The van der Waals surface area contributed by atoms with Crippen LogP contribution in [0.2, 0.25) is 0 Å². The van der Waals surface area contributed by atoms with Gasteiger partial charge in [0.2, 0.25) is 0 Å². The molecule has 0 aliphatic heterocycles. The fourth-order valence-electron chi connectivity index (χ4n) is 4.72. The number of aliphatic hydroxyl groups excluding tert-OH is 1. The van der Waals surface area contributed by atoms with Gasteiger partial charge in [-0.05, 0) is 54.9 Å². The Morgan fingerprint density at radius 1 is 0.889 bits per heavy atom. The molecule has 0 saturated heterocycles. The molecule has 2 heterocycles. The van der Waals surface area contributed by atoms with Crippen molar-refractivity contribution in [3.05, 3.63) is 113 Å². The van der Waals surface area contributed by atoms with Crippen LogP contribution < -0.4 is 0 Å². The quantitative estimate of drug-likeness (QED) is 0.291. The van der Waals surface area contributed by atoms with Crippen molar-refractivity contribution in [2.75, 3.05) is 0 Å². The van der Waals surface area contributed by atoms with Crippen LogP contribution in [0.1, 0.15) is 65.9 Å². The third kappa shape index (κ3) is 4.25. The molecule has 36 heavy (non-hydrogen) atoms. The Balaban J connectivity index is 1.25. The number of hydrogen-bond acceptors (Lipinski definition) is 5. The highest BCUT2D eigenvalue weighted by atomic mass is 16.5. The molecule has 1 N–H and O–H groups in total. The van der Waals surface area contributed by atoms with Gasteiger partial charge in [-0.1, -0.05) is 89.2 Å². The zero-order valence-electron chi connectivity index (χ0n) is 20.4. The van der Waals surface area contributed by atoms with Gasteiger partial charge in [0.25, 0.3) is 0 Å². The lowest BCUT2D eigenvalue weighted by molar-refractivity contribution is 0.214. The molecular weight excluding hydrogens is 448 g/mol. The van der Waals surface area contributed by atoms with E-state index >= 15 is 0 Å². The van der Waals surface area contributed by atoms with E-state index in [0.717, 1.165) is 22.6 Å². The zero-order valence-corrected chi connectivity index (χ0v) is 20.4. The maximum absolute atomic E-state index is 11.3. The van der Waals surface area contributed by atoms with Crippen molar-refractivity contribution in [1.82, 2.24) is 20.2 Å². The molecule has 0 spiro atoms. The molecule has 2 aromatic heterocycles. The molecule has 1 saturated carbocycles.